The normalized spacial score (nSPS) is 20.6. The Balaban J connectivity index is 1.68. The second-order valence-electron chi connectivity index (χ2n) is 8.27. The molecule has 0 saturated carbocycles. The van der Waals surface area contributed by atoms with E-state index in [1.165, 1.54) is 27.8 Å². The minimum absolute atomic E-state index is 0.135. The summed E-state index contributed by atoms with van der Waals surface area (Å²) < 4.78 is 0. The fraction of sp³-hybridized carbons (Fsp3) is 0.0968. The van der Waals surface area contributed by atoms with Crippen LogP contribution in [0, 0.1) is 0 Å². The van der Waals surface area contributed by atoms with Crippen LogP contribution in [0.25, 0.3) is 11.6 Å². The molecule has 0 heterocycles. The molecule has 150 valence electrons. The number of hydrogen-bond donors (Lipinski definition) is 0. The van der Waals surface area contributed by atoms with E-state index in [0.29, 0.717) is 0 Å². The zero-order valence-electron chi connectivity index (χ0n) is 17.6. The maximum Gasteiger partial charge on any atom is 0.0279 e. The van der Waals surface area contributed by atoms with Crippen molar-refractivity contribution >= 4 is 11.6 Å². The summed E-state index contributed by atoms with van der Waals surface area (Å²) in [6.07, 6.45) is 8.21. The third-order valence-electron chi connectivity index (χ3n) is 6.39. The maximum atomic E-state index is 2.49. The lowest BCUT2D eigenvalue weighted by Gasteiger charge is -2.34. The Morgan fingerprint density at radius 1 is 0.613 bits per heavy atom. The van der Waals surface area contributed by atoms with Gasteiger partial charge in [-0.25, -0.2) is 0 Å². The summed E-state index contributed by atoms with van der Waals surface area (Å²) in [6, 6.07) is 43.4. The highest BCUT2D eigenvalue weighted by atomic mass is 14.5. The van der Waals surface area contributed by atoms with E-state index in [2.05, 4.69) is 140 Å². The number of allylic oxidation sites excluding steroid dienone is 3. The van der Waals surface area contributed by atoms with Gasteiger partial charge in [0.25, 0.3) is 0 Å². The van der Waals surface area contributed by atoms with Gasteiger partial charge < -0.3 is 0 Å². The quantitative estimate of drug-likeness (QED) is 0.320. The van der Waals surface area contributed by atoms with Gasteiger partial charge in [0.15, 0.2) is 0 Å². The van der Waals surface area contributed by atoms with Crippen LogP contribution in [0.15, 0.2) is 133 Å². The van der Waals surface area contributed by atoms with Crippen molar-refractivity contribution in [3.63, 3.8) is 0 Å². The average Bonchev–Trinajstić information content (AvgIpc) is 3.26. The SMILES string of the molecule is C1=C(c2ccccc2)C[C@@](/C=C\c2ccccc2)(c2ccccc2)[C@H]1c1ccccc1. The molecule has 5 rings (SSSR count). The summed E-state index contributed by atoms with van der Waals surface area (Å²) in [5, 5.41) is 0. The predicted octanol–water partition coefficient (Wildman–Crippen LogP) is 7.91. The molecule has 0 aliphatic heterocycles. The van der Waals surface area contributed by atoms with Gasteiger partial charge >= 0.3 is 0 Å². The van der Waals surface area contributed by atoms with Crippen molar-refractivity contribution in [1.82, 2.24) is 0 Å². The molecule has 0 nitrogen and oxygen atoms in total. The highest BCUT2D eigenvalue weighted by Crippen LogP contribution is 2.53. The Morgan fingerprint density at radius 2 is 1.16 bits per heavy atom. The molecule has 31 heavy (non-hydrogen) atoms. The van der Waals surface area contributed by atoms with Crippen LogP contribution in [0.1, 0.15) is 34.6 Å². The molecule has 2 atom stereocenters. The summed E-state index contributed by atoms with van der Waals surface area (Å²) in [5.41, 5.74) is 6.54. The number of rotatable bonds is 5. The van der Waals surface area contributed by atoms with E-state index in [-0.39, 0.29) is 11.3 Å². The monoisotopic (exact) mass is 398 g/mol. The fourth-order valence-electron chi connectivity index (χ4n) is 4.84. The molecular formula is C31H26. The molecule has 4 aromatic rings. The van der Waals surface area contributed by atoms with Crippen LogP contribution >= 0.6 is 0 Å². The van der Waals surface area contributed by atoms with Crippen LogP contribution in [0.5, 0.6) is 0 Å². The average molecular weight is 399 g/mol. The second-order valence-corrected chi connectivity index (χ2v) is 8.27. The molecule has 0 fully saturated rings. The van der Waals surface area contributed by atoms with Crippen molar-refractivity contribution in [2.45, 2.75) is 17.8 Å². The highest BCUT2D eigenvalue weighted by Gasteiger charge is 2.43. The predicted molar refractivity (Wildman–Crippen MR) is 132 cm³/mol. The van der Waals surface area contributed by atoms with Crippen molar-refractivity contribution in [1.29, 1.82) is 0 Å². The lowest BCUT2D eigenvalue weighted by Crippen LogP contribution is -2.27. The summed E-state index contributed by atoms with van der Waals surface area (Å²) in [5.74, 6) is 0.270. The molecule has 0 saturated heterocycles. The summed E-state index contributed by atoms with van der Waals surface area (Å²) in [6.45, 7) is 0. The summed E-state index contributed by atoms with van der Waals surface area (Å²) in [7, 11) is 0. The molecule has 0 aromatic heterocycles. The first kappa shape index (κ1) is 19.3. The zero-order valence-corrected chi connectivity index (χ0v) is 17.6. The van der Waals surface area contributed by atoms with Crippen molar-refractivity contribution in [3.05, 3.63) is 156 Å². The van der Waals surface area contributed by atoms with Crippen molar-refractivity contribution < 1.29 is 0 Å². The number of benzene rings is 4. The molecule has 1 aliphatic carbocycles. The number of hydrogen-bond acceptors (Lipinski definition) is 0. The molecule has 4 aromatic carbocycles. The molecule has 1 aliphatic rings. The van der Waals surface area contributed by atoms with E-state index in [9.17, 15) is 0 Å². The molecule has 0 unspecified atom stereocenters. The van der Waals surface area contributed by atoms with Gasteiger partial charge in [-0.2, -0.15) is 0 Å². The van der Waals surface area contributed by atoms with E-state index >= 15 is 0 Å². The molecule has 0 amide bonds. The van der Waals surface area contributed by atoms with E-state index in [4.69, 9.17) is 0 Å². The fourth-order valence-corrected chi connectivity index (χ4v) is 4.84. The van der Waals surface area contributed by atoms with E-state index in [0.717, 1.165) is 6.42 Å². The molecule has 0 N–H and O–H groups in total. The van der Waals surface area contributed by atoms with Crippen LogP contribution in [-0.2, 0) is 5.41 Å². The molecule has 0 heteroatoms. The van der Waals surface area contributed by atoms with Gasteiger partial charge in [0, 0.05) is 11.3 Å². The topological polar surface area (TPSA) is 0 Å². The van der Waals surface area contributed by atoms with Crippen LogP contribution in [0.4, 0.5) is 0 Å². The van der Waals surface area contributed by atoms with Gasteiger partial charge in [0.05, 0.1) is 0 Å². The third kappa shape index (κ3) is 3.90. The van der Waals surface area contributed by atoms with Crippen LogP contribution in [0.3, 0.4) is 0 Å². The Labute approximate surface area is 185 Å². The minimum Gasteiger partial charge on any atom is -0.0721 e. The van der Waals surface area contributed by atoms with Gasteiger partial charge in [0.2, 0.25) is 0 Å². The maximum absolute atomic E-state index is 2.49. The van der Waals surface area contributed by atoms with Crippen molar-refractivity contribution in [2.24, 2.45) is 0 Å². The Hall–Kier alpha value is -3.64. The molecular weight excluding hydrogens is 372 g/mol. The van der Waals surface area contributed by atoms with Crippen LogP contribution < -0.4 is 0 Å². The van der Waals surface area contributed by atoms with Gasteiger partial charge in [-0.05, 0) is 34.2 Å². The first-order chi connectivity index (χ1) is 15.4. The molecule has 0 radical (unpaired) electrons. The summed E-state index contributed by atoms with van der Waals surface area (Å²) >= 11 is 0. The molecule has 0 bridgehead atoms. The van der Waals surface area contributed by atoms with Crippen LogP contribution in [-0.4, -0.2) is 0 Å². The lowest BCUT2D eigenvalue weighted by atomic mass is 9.68. The third-order valence-corrected chi connectivity index (χ3v) is 6.39. The Kier molecular flexibility index (Phi) is 5.37. The van der Waals surface area contributed by atoms with E-state index in [1.807, 2.05) is 0 Å². The smallest absolute Gasteiger partial charge is 0.0279 e. The van der Waals surface area contributed by atoms with Gasteiger partial charge in [-0.3, -0.25) is 0 Å². The van der Waals surface area contributed by atoms with Gasteiger partial charge in [0.1, 0.15) is 0 Å². The second kappa shape index (κ2) is 8.62. The van der Waals surface area contributed by atoms with E-state index in [1.54, 1.807) is 0 Å². The molecule has 0 spiro atoms. The standard InChI is InChI=1S/C31H26/c1-5-13-25(14-6-1)21-22-31(29-19-11-4-12-20-29)24-28(26-15-7-2-8-16-26)23-30(31)27-17-9-3-10-18-27/h1-23,30H,24H2/b22-21-/t30-,31+/m1/s1. The highest BCUT2D eigenvalue weighted by molar-refractivity contribution is 5.74. The Bertz CT molecular complexity index is 1170. The van der Waals surface area contributed by atoms with E-state index < -0.39 is 0 Å². The Morgan fingerprint density at radius 3 is 1.81 bits per heavy atom. The van der Waals surface area contributed by atoms with Crippen molar-refractivity contribution in [2.75, 3.05) is 0 Å². The van der Waals surface area contributed by atoms with Crippen molar-refractivity contribution in [3.8, 4) is 0 Å². The first-order valence-electron chi connectivity index (χ1n) is 11.0. The lowest BCUT2D eigenvalue weighted by molar-refractivity contribution is 0.521. The van der Waals surface area contributed by atoms with Gasteiger partial charge in [-0.1, -0.05) is 140 Å². The minimum atomic E-state index is -0.135. The zero-order chi connectivity index (χ0) is 20.9. The van der Waals surface area contributed by atoms with Gasteiger partial charge in [-0.15, -0.1) is 0 Å². The van der Waals surface area contributed by atoms with Crippen LogP contribution in [0.2, 0.25) is 0 Å². The first-order valence-corrected chi connectivity index (χ1v) is 11.0. The largest absolute Gasteiger partial charge is 0.0721 e. The summed E-state index contributed by atoms with van der Waals surface area (Å²) in [4.78, 5) is 0.